The average molecular weight is 419 g/mol. The smallest absolute Gasteiger partial charge is 0.293 e. The summed E-state index contributed by atoms with van der Waals surface area (Å²) in [6.07, 6.45) is 3.80. The Morgan fingerprint density at radius 1 is 1.26 bits per heavy atom. The fraction of sp³-hybridized carbons (Fsp3) is 0.158. The van der Waals surface area contributed by atoms with Gasteiger partial charge in [0.25, 0.3) is 5.91 Å². The van der Waals surface area contributed by atoms with Gasteiger partial charge in [-0.25, -0.2) is 10.1 Å². The molecule has 0 radical (unpaired) electrons. The van der Waals surface area contributed by atoms with E-state index in [1.165, 1.54) is 22.7 Å². The number of rotatable bonds is 6. The number of carbonyl (C=O) groups is 1. The van der Waals surface area contributed by atoms with Crippen LogP contribution in [0.2, 0.25) is 0 Å². The maximum absolute atomic E-state index is 12.8. The molecule has 0 spiro atoms. The summed E-state index contributed by atoms with van der Waals surface area (Å²) in [5.41, 5.74) is 11.2. The highest BCUT2D eigenvalue weighted by Gasteiger charge is 2.27. The summed E-state index contributed by atoms with van der Waals surface area (Å²) >= 11 is 0. The minimum Gasteiger partial charge on any atom is -0.463 e. The minimum atomic E-state index is -0.536. The van der Waals surface area contributed by atoms with Gasteiger partial charge in [0, 0.05) is 12.2 Å². The zero-order valence-corrected chi connectivity index (χ0v) is 16.2. The van der Waals surface area contributed by atoms with Crippen molar-refractivity contribution >= 4 is 23.6 Å². The second-order valence-electron chi connectivity index (χ2n) is 6.78. The SMILES string of the molecule is Nc1nonc1-n1nnc(C(=O)N/N=C/c2ccco2)c1CN1CCc2ccccc21. The number of nitrogens with one attached hydrogen (secondary N) is 1. The standard InChI is InChI=1S/C19H17N9O3/c20-17-18(25-31-24-17)28-15(11-27-8-7-12-4-1-2-6-14(12)27)16(22-26-28)19(29)23-21-10-13-5-3-9-30-13/h1-6,9-10H,7-8,11H2,(H2,20,24)(H,23,29)/b21-10+. The van der Waals surface area contributed by atoms with Crippen LogP contribution >= 0.6 is 0 Å². The largest absolute Gasteiger partial charge is 0.463 e. The Kier molecular flexibility index (Phi) is 4.63. The Hall–Kier alpha value is -4.48. The molecule has 31 heavy (non-hydrogen) atoms. The molecule has 3 N–H and O–H groups in total. The van der Waals surface area contributed by atoms with Gasteiger partial charge >= 0.3 is 0 Å². The number of benzene rings is 1. The first-order valence-electron chi connectivity index (χ1n) is 9.43. The van der Waals surface area contributed by atoms with Gasteiger partial charge in [-0.05, 0) is 40.5 Å². The van der Waals surface area contributed by atoms with E-state index in [1.807, 2.05) is 18.2 Å². The normalized spacial score (nSPS) is 13.1. The van der Waals surface area contributed by atoms with Gasteiger partial charge in [0.1, 0.15) is 5.76 Å². The quantitative estimate of drug-likeness (QED) is 0.346. The number of hydrogen-bond acceptors (Lipinski definition) is 10. The number of furan rings is 1. The first kappa shape index (κ1) is 18.5. The number of aromatic nitrogens is 5. The van der Waals surface area contributed by atoms with E-state index in [9.17, 15) is 4.79 Å². The van der Waals surface area contributed by atoms with Crippen LogP contribution in [0.15, 0.2) is 56.8 Å². The van der Waals surface area contributed by atoms with Crippen LogP contribution in [-0.4, -0.2) is 44.0 Å². The lowest BCUT2D eigenvalue weighted by Gasteiger charge is -2.19. The Bertz CT molecular complexity index is 1240. The predicted octanol–water partition coefficient (Wildman–Crippen LogP) is 1.15. The second-order valence-corrected chi connectivity index (χ2v) is 6.78. The van der Waals surface area contributed by atoms with E-state index >= 15 is 0 Å². The average Bonchev–Trinajstić information content (AvgIpc) is 3.56. The molecule has 4 aromatic rings. The summed E-state index contributed by atoms with van der Waals surface area (Å²) in [6.45, 7) is 1.13. The van der Waals surface area contributed by atoms with Crippen LogP contribution in [0.5, 0.6) is 0 Å². The van der Waals surface area contributed by atoms with Crippen LogP contribution < -0.4 is 16.1 Å². The number of nitrogens with zero attached hydrogens (tertiary/aromatic N) is 7. The van der Waals surface area contributed by atoms with Crippen molar-refractivity contribution in [3.8, 4) is 5.82 Å². The van der Waals surface area contributed by atoms with Crippen LogP contribution in [0.1, 0.15) is 27.5 Å². The summed E-state index contributed by atoms with van der Waals surface area (Å²) in [4.78, 5) is 14.9. The molecule has 1 amide bonds. The molecule has 156 valence electrons. The Labute approximate surface area is 175 Å². The highest BCUT2D eigenvalue weighted by molar-refractivity contribution is 5.94. The van der Waals surface area contributed by atoms with Crippen molar-refractivity contribution in [1.29, 1.82) is 0 Å². The van der Waals surface area contributed by atoms with Crippen molar-refractivity contribution in [3.05, 3.63) is 65.4 Å². The Morgan fingerprint density at radius 2 is 2.16 bits per heavy atom. The molecule has 4 heterocycles. The summed E-state index contributed by atoms with van der Waals surface area (Å²) < 4.78 is 11.2. The Morgan fingerprint density at radius 3 is 2.97 bits per heavy atom. The molecule has 1 aliphatic heterocycles. The van der Waals surface area contributed by atoms with E-state index in [-0.39, 0.29) is 17.3 Å². The molecule has 5 rings (SSSR count). The van der Waals surface area contributed by atoms with Gasteiger partial charge in [0.05, 0.1) is 24.7 Å². The molecular weight excluding hydrogens is 402 g/mol. The fourth-order valence-electron chi connectivity index (χ4n) is 3.45. The van der Waals surface area contributed by atoms with E-state index < -0.39 is 5.91 Å². The minimum absolute atomic E-state index is 0.0378. The number of carbonyl (C=O) groups excluding carboxylic acids is 1. The van der Waals surface area contributed by atoms with Crippen molar-refractivity contribution in [2.45, 2.75) is 13.0 Å². The number of para-hydroxylation sites is 1. The molecule has 0 unspecified atom stereocenters. The molecule has 1 aliphatic rings. The molecule has 1 aromatic carbocycles. The zero-order valence-electron chi connectivity index (χ0n) is 16.2. The first-order chi connectivity index (χ1) is 15.2. The molecule has 0 saturated heterocycles. The number of amides is 1. The lowest BCUT2D eigenvalue weighted by molar-refractivity contribution is 0.0949. The van der Waals surface area contributed by atoms with Gasteiger partial charge in [-0.15, -0.1) is 5.10 Å². The third-order valence-corrected chi connectivity index (χ3v) is 4.90. The van der Waals surface area contributed by atoms with Crippen LogP contribution in [0.3, 0.4) is 0 Å². The molecule has 12 nitrogen and oxygen atoms in total. The molecular formula is C19H17N9O3. The molecule has 12 heteroatoms. The molecule has 0 atom stereocenters. The van der Waals surface area contributed by atoms with E-state index in [2.05, 4.69) is 42.1 Å². The van der Waals surface area contributed by atoms with Crippen molar-refractivity contribution in [2.75, 3.05) is 17.2 Å². The number of anilines is 2. The van der Waals surface area contributed by atoms with Crippen LogP contribution in [0, 0.1) is 0 Å². The molecule has 3 aromatic heterocycles. The molecule has 0 aliphatic carbocycles. The van der Waals surface area contributed by atoms with Gasteiger partial charge in [0.2, 0.25) is 11.6 Å². The van der Waals surface area contributed by atoms with Gasteiger partial charge in [-0.3, -0.25) is 4.79 Å². The maximum atomic E-state index is 12.8. The highest BCUT2D eigenvalue weighted by atomic mass is 16.6. The van der Waals surface area contributed by atoms with Crippen molar-refractivity contribution in [2.24, 2.45) is 5.10 Å². The second kappa shape index (κ2) is 7.74. The lowest BCUT2D eigenvalue weighted by Crippen LogP contribution is -2.26. The fourth-order valence-corrected chi connectivity index (χ4v) is 3.45. The van der Waals surface area contributed by atoms with Gasteiger partial charge < -0.3 is 15.1 Å². The van der Waals surface area contributed by atoms with E-state index in [1.54, 1.807) is 12.1 Å². The van der Waals surface area contributed by atoms with Gasteiger partial charge in [-0.2, -0.15) is 9.78 Å². The third-order valence-electron chi connectivity index (χ3n) is 4.90. The van der Waals surface area contributed by atoms with Crippen molar-refractivity contribution in [1.82, 2.24) is 30.7 Å². The Balaban J connectivity index is 1.46. The summed E-state index contributed by atoms with van der Waals surface area (Å²) in [7, 11) is 0. The summed E-state index contributed by atoms with van der Waals surface area (Å²) in [6, 6.07) is 11.5. The molecule has 0 bridgehead atoms. The number of nitrogen functional groups attached to an aromatic ring is 1. The van der Waals surface area contributed by atoms with Crippen LogP contribution in [0.4, 0.5) is 11.5 Å². The number of fused-ring (bicyclic) bond motifs is 1. The van der Waals surface area contributed by atoms with Gasteiger partial charge in [0.15, 0.2) is 5.69 Å². The highest BCUT2D eigenvalue weighted by Crippen LogP contribution is 2.29. The monoisotopic (exact) mass is 419 g/mol. The third kappa shape index (κ3) is 3.50. The van der Waals surface area contributed by atoms with Crippen molar-refractivity contribution < 1.29 is 13.8 Å². The maximum Gasteiger partial charge on any atom is 0.293 e. The predicted molar refractivity (Wildman–Crippen MR) is 109 cm³/mol. The number of nitrogens with two attached hydrogens (primary N) is 1. The van der Waals surface area contributed by atoms with Crippen molar-refractivity contribution in [3.63, 3.8) is 0 Å². The molecule has 0 fully saturated rings. The van der Waals surface area contributed by atoms with Gasteiger partial charge in [-0.1, -0.05) is 23.4 Å². The molecule has 0 saturated carbocycles. The van der Waals surface area contributed by atoms with E-state index in [0.717, 1.165) is 18.7 Å². The lowest BCUT2D eigenvalue weighted by atomic mass is 10.2. The first-order valence-corrected chi connectivity index (χ1v) is 9.43. The summed E-state index contributed by atoms with van der Waals surface area (Å²) in [5.74, 6) is 0.162. The van der Waals surface area contributed by atoms with Crippen LogP contribution in [-0.2, 0) is 13.0 Å². The van der Waals surface area contributed by atoms with E-state index in [4.69, 9.17) is 14.8 Å². The topological polar surface area (TPSA) is 153 Å². The number of hydrogen-bond donors (Lipinski definition) is 2. The zero-order chi connectivity index (χ0) is 21.2. The van der Waals surface area contributed by atoms with Crippen LogP contribution in [0.25, 0.3) is 5.82 Å². The summed E-state index contributed by atoms with van der Waals surface area (Å²) in [5, 5.41) is 19.4. The number of hydrazone groups is 1. The van der Waals surface area contributed by atoms with E-state index in [0.29, 0.717) is 18.0 Å².